The lowest BCUT2D eigenvalue weighted by Crippen LogP contribution is -2.57. The average Bonchev–Trinajstić information content (AvgIpc) is 2.82. The number of carboxylic acid groups (broad SMARTS) is 1. The van der Waals surface area contributed by atoms with Gasteiger partial charge in [-0.05, 0) is 56.2 Å². The highest BCUT2D eigenvalue weighted by Gasteiger charge is 2.43. The van der Waals surface area contributed by atoms with Crippen molar-refractivity contribution in [1.82, 2.24) is 4.90 Å². The number of likely N-dealkylation sites (tertiary alicyclic amines) is 1. The Morgan fingerprint density at radius 1 is 1.45 bits per heavy atom. The van der Waals surface area contributed by atoms with E-state index in [0.29, 0.717) is 13.0 Å². The Balaban J connectivity index is 2.17. The fraction of sp³-hybridized carbons (Fsp3) is 0.467. The van der Waals surface area contributed by atoms with Crippen LogP contribution in [0.25, 0.3) is 6.08 Å². The summed E-state index contributed by atoms with van der Waals surface area (Å²) in [5.41, 5.74) is 0.0446. The first-order valence-electron chi connectivity index (χ1n) is 6.72. The molecule has 1 fully saturated rings. The van der Waals surface area contributed by atoms with Gasteiger partial charge in [0, 0.05) is 17.5 Å². The van der Waals surface area contributed by atoms with Crippen molar-refractivity contribution >= 4 is 29.3 Å². The van der Waals surface area contributed by atoms with Crippen LogP contribution in [0.5, 0.6) is 0 Å². The first-order chi connectivity index (χ1) is 9.45. The number of hydrogen-bond acceptors (Lipinski definition) is 3. The van der Waals surface area contributed by atoms with Gasteiger partial charge in [-0.3, -0.25) is 4.79 Å². The van der Waals surface area contributed by atoms with E-state index in [-0.39, 0.29) is 5.91 Å². The first kappa shape index (κ1) is 14.8. The number of carboxylic acids is 1. The van der Waals surface area contributed by atoms with Crippen LogP contribution in [-0.2, 0) is 9.59 Å². The van der Waals surface area contributed by atoms with Gasteiger partial charge >= 0.3 is 5.97 Å². The van der Waals surface area contributed by atoms with Gasteiger partial charge in [-0.1, -0.05) is 0 Å². The highest BCUT2D eigenvalue weighted by Crippen LogP contribution is 2.28. The zero-order valence-electron chi connectivity index (χ0n) is 11.8. The highest BCUT2D eigenvalue weighted by molar-refractivity contribution is 7.11. The Morgan fingerprint density at radius 3 is 2.80 bits per heavy atom. The van der Waals surface area contributed by atoms with Crippen LogP contribution < -0.4 is 0 Å². The third-order valence-electron chi connectivity index (χ3n) is 3.90. The molecular weight excluding hydrogens is 274 g/mol. The number of aryl methyl sites for hydroxylation is 1. The Morgan fingerprint density at radius 2 is 2.20 bits per heavy atom. The van der Waals surface area contributed by atoms with Crippen LogP contribution in [0.1, 0.15) is 36.6 Å². The molecule has 2 heterocycles. The Labute approximate surface area is 122 Å². The molecule has 20 heavy (non-hydrogen) atoms. The van der Waals surface area contributed by atoms with Crippen molar-refractivity contribution in [1.29, 1.82) is 0 Å². The van der Waals surface area contributed by atoms with Crippen molar-refractivity contribution < 1.29 is 14.7 Å². The van der Waals surface area contributed by atoms with Crippen molar-refractivity contribution in [3.8, 4) is 0 Å². The second-order valence-corrected chi connectivity index (χ2v) is 6.27. The van der Waals surface area contributed by atoms with E-state index in [0.717, 1.165) is 23.3 Å². The lowest BCUT2D eigenvalue weighted by molar-refractivity contribution is -0.158. The lowest BCUT2D eigenvalue weighted by atomic mass is 9.88. The maximum absolute atomic E-state index is 12.3. The molecule has 4 nitrogen and oxygen atoms in total. The van der Waals surface area contributed by atoms with Crippen molar-refractivity contribution in [3.63, 3.8) is 0 Å². The number of aliphatic carboxylic acids is 1. The molecule has 1 aromatic rings. The molecule has 0 radical (unpaired) electrons. The van der Waals surface area contributed by atoms with Gasteiger partial charge in [-0.15, -0.1) is 11.3 Å². The summed E-state index contributed by atoms with van der Waals surface area (Å²) >= 11 is 1.57. The third kappa shape index (κ3) is 2.77. The molecule has 1 amide bonds. The van der Waals surface area contributed by atoms with E-state index in [1.165, 1.54) is 11.0 Å². The fourth-order valence-corrected chi connectivity index (χ4v) is 3.31. The molecule has 108 valence electrons. The van der Waals surface area contributed by atoms with Crippen molar-refractivity contribution in [3.05, 3.63) is 28.0 Å². The molecule has 1 aliphatic rings. The van der Waals surface area contributed by atoms with E-state index in [4.69, 9.17) is 0 Å². The topological polar surface area (TPSA) is 57.6 Å². The summed E-state index contributed by atoms with van der Waals surface area (Å²) in [7, 11) is 0. The van der Waals surface area contributed by atoms with Crippen LogP contribution >= 0.6 is 11.3 Å². The predicted molar refractivity (Wildman–Crippen MR) is 79.7 cm³/mol. The van der Waals surface area contributed by atoms with Gasteiger partial charge in [0.2, 0.25) is 5.91 Å². The van der Waals surface area contributed by atoms with E-state index in [1.54, 1.807) is 24.3 Å². The molecule has 0 spiro atoms. The Bertz CT molecular complexity index is 549. The number of piperidine rings is 1. The number of thiophene rings is 1. The molecule has 1 atom stereocenters. The van der Waals surface area contributed by atoms with Crippen LogP contribution in [0, 0.1) is 6.92 Å². The summed E-state index contributed by atoms with van der Waals surface area (Å²) in [6.45, 7) is 4.13. The molecule has 1 unspecified atom stereocenters. The Kier molecular flexibility index (Phi) is 4.28. The summed E-state index contributed by atoms with van der Waals surface area (Å²) in [6.07, 6.45) is 5.49. The first-order valence-corrected chi connectivity index (χ1v) is 7.60. The third-order valence-corrected chi connectivity index (χ3v) is 4.88. The predicted octanol–water partition coefficient (Wildman–Crippen LogP) is 2.93. The maximum atomic E-state index is 12.3. The second-order valence-electron chi connectivity index (χ2n) is 5.33. The van der Waals surface area contributed by atoms with Crippen LogP contribution in [-0.4, -0.2) is 34.0 Å². The van der Waals surface area contributed by atoms with Crippen LogP contribution in [0.4, 0.5) is 0 Å². The molecule has 0 aliphatic carbocycles. The SMILES string of the molecule is Cc1ccsc1/C=C/C(=O)N1CCCCC1(C)C(=O)O. The molecule has 1 saturated heterocycles. The molecule has 2 rings (SSSR count). The minimum Gasteiger partial charge on any atom is -0.480 e. The van der Waals surface area contributed by atoms with Crippen LogP contribution in [0.3, 0.4) is 0 Å². The summed E-state index contributed by atoms with van der Waals surface area (Å²) in [4.78, 5) is 26.3. The van der Waals surface area contributed by atoms with Crippen LogP contribution in [0.2, 0.25) is 0 Å². The highest BCUT2D eigenvalue weighted by atomic mass is 32.1. The minimum absolute atomic E-state index is 0.220. The van der Waals surface area contributed by atoms with Gasteiger partial charge in [-0.25, -0.2) is 4.79 Å². The zero-order chi connectivity index (χ0) is 14.8. The molecular formula is C15H19NO3S. The number of carbonyl (C=O) groups excluding carboxylic acids is 1. The van der Waals surface area contributed by atoms with Gasteiger partial charge < -0.3 is 10.0 Å². The summed E-state index contributed by atoms with van der Waals surface area (Å²) in [6, 6.07) is 2.00. The number of rotatable bonds is 3. The van der Waals surface area contributed by atoms with Gasteiger partial charge in [0.15, 0.2) is 0 Å². The van der Waals surface area contributed by atoms with E-state index in [9.17, 15) is 14.7 Å². The van der Waals surface area contributed by atoms with Gasteiger partial charge in [-0.2, -0.15) is 0 Å². The largest absolute Gasteiger partial charge is 0.480 e. The van der Waals surface area contributed by atoms with Crippen molar-refractivity contribution in [2.24, 2.45) is 0 Å². The average molecular weight is 293 g/mol. The molecule has 0 saturated carbocycles. The van der Waals surface area contributed by atoms with Crippen LogP contribution in [0.15, 0.2) is 17.5 Å². The number of carbonyl (C=O) groups is 2. The molecule has 0 bridgehead atoms. The lowest BCUT2D eigenvalue weighted by Gasteiger charge is -2.41. The number of hydrogen-bond donors (Lipinski definition) is 1. The van der Waals surface area contributed by atoms with Crippen molar-refractivity contribution in [2.45, 2.75) is 38.6 Å². The number of amides is 1. The normalized spacial score (nSPS) is 23.2. The van der Waals surface area contributed by atoms with E-state index in [2.05, 4.69) is 0 Å². The van der Waals surface area contributed by atoms with E-state index < -0.39 is 11.5 Å². The van der Waals surface area contributed by atoms with Gasteiger partial charge in [0.05, 0.1) is 0 Å². The molecule has 5 heteroatoms. The summed E-state index contributed by atoms with van der Waals surface area (Å²) in [5.74, 6) is -1.14. The molecule has 1 aliphatic heterocycles. The smallest absolute Gasteiger partial charge is 0.329 e. The summed E-state index contributed by atoms with van der Waals surface area (Å²) < 4.78 is 0. The second kappa shape index (κ2) is 5.79. The zero-order valence-corrected chi connectivity index (χ0v) is 12.6. The van der Waals surface area contributed by atoms with Gasteiger partial charge in [0.1, 0.15) is 5.54 Å². The molecule has 1 N–H and O–H groups in total. The summed E-state index contributed by atoms with van der Waals surface area (Å²) in [5, 5.41) is 11.4. The minimum atomic E-state index is -1.08. The number of nitrogens with zero attached hydrogens (tertiary/aromatic N) is 1. The monoisotopic (exact) mass is 293 g/mol. The quantitative estimate of drug-likeness (QED) is 0.872. The maximum Gasteiger partial charge on any atom is 0.329 e. The van der Waals surface area contributed by atoms with Gasteiger partial charge in [0.25, 0.3) is 0 Å². The van der Waals surface area contributed by atoms with E-state index >= 15 is 0 Å². The Hall–Kier alpha value is -1.62. The van der Waals surface area contributed by atoms with Crippen molar-refractivity contribution in [2.75, 3.05) is 6.54 Å². The molecule has 0 aromatic carbocycles. The molecule has 1 aromatic heterocycles. The fourth-order valence-electron chi connectivity index (χ4n) is 2.49. The standard InChI is InChI=1S/C15H19NO3S/c1-11-7-10-20-12(11)5-6-13(17)16-9-4-3-8-15(16,2)14(18)19/h5-7,10H,3-4,8-9H2,1-2H3,(H,18,19)/b6-5+. The van der Waals surface area contributed by atoms with E-state index in [1.807, 2.05) is 18.4 Å².